The van der Waals surface area contributed by atoms with Crippen LogP contribution in [0, 0.1) is 5.82 Å². The molecule has 2 N–H and O–H groups in total. The molecule has 2 amide bonds. The normalized spacial score (nSPS) is 16.6. The van der Waals surface area contributed by atoms with Gasteiger partial charge in [-0.3, -0.25) is 0 Å². The second-order valence-corrected chi connectivity index (χ2v) is 7.11. The number of likely N-dealkylation sites (tertiary alicyclic amines) is 1. The average molecular weight is 371 g/mol. The molecule has 1 aliphatic rings. The average Bonchev–Trinajstić information content (AvgIpc) is 2.70. The second kappa shape index (κ2) is 8.39. The van der Waals surface area contributed by atoms with Crippen LogP contribution in [-0.4, -0.2) is 44.7 Å². The molecule has 27 heavy (non-hydrogen) atoms. The molecule has 0 saturated carbocycles. The molecular weight excluding hydrogens is 345 g/mol. The quantitative estimate of drug-likeness (QED) is 0.844. The fourth-order valence-electron chi connectivity index (χ4n) is 3.57. The van der Waals surface area contributed by atoms with Gasteiger partial charge in [0, 0.05) is 23.7 Å². The number of urea groups is 1. The van der Waals surface area contributed by atoms with Gasteiger partial charge in [-0.05, 0) is 50.7 Å². The van der Waals surface area contributed by atoms with Crippen molar-refractivity contribution in [2.45, 2.75) is 18.3 Å². The number of anilines is 1. The maximum Gasteiger partial charge on any atom is 0.319 e. The van der Waals surface area contributed by atoms with E-state index in [1.54, 1.807) is 0 Å². The van der Waals surface area contributed by atoms with E-state index in [1.165, 1.54) is 30.9 Å². The minimum absolute atomic E-state index is 0.0778. The van der Waals surface area contributed by atoms with E-state index in [-0.39, 0.29) is 17.2 Å². The number of hydrogen-bond donors (Lipinski definition) is 2. The summed E-state index contributed by atoms with van der Waals surface area (Å²) in [7, 11) is 3.52. The predicted octanol–water partition coefficient (Wildman–Crippen LogP) is 3.62. The molecule has 144 valence electrons. The third-order valence-electron chi connectivity index (χ3n) is 5.33. The Labute approximate surface area is 159 Å². The van der Waals surface area contributed by atoms with E-state index in [1.807, 2.05) is 18.2 Å². The molecule has 2 aromatic rings. The lowest BCUT2D eigenvalue weighted by Gasteiger charge is -2.41. The number of benzene rings is 2. The highest BCUT2D eigenvalue weighted by Crippen LogP contribution is 2.34. The Balaban J connectivity index is 1.67. The van der Waals surface area contributed by atoms with E-state index in [0.717, 1.165) is 25.9 Å². The standard InChI is InChI=1S/C21H26FN3O2/c1-25-12-10-21(11-13-25,16-6-4-3-5-7-16)15-23-20(26)24-17-8-9-18(22)19(14-17)27-2/h3-9,14H,10-13,15H2,1-2H3,(H2,23,24,26). The summed E-state index contributed by atoms with van der Waals surface area (Å²) in [4.78, 5) is 14.7. The zero-order valence-corrected chi connectivity index (χ0v) is 15.8. The van der Waals surface area contributed by atoms with Crippen molar-refractivity contribution >= 4 is 11.7 Å². The zero-order chi connectivity index (χ0) is 19.3. The van der Waals surface area contributed by atoms with Gasteiger partial charge in [0.2, 0.25) is 0 Å². The Bertz CT molecular complexity index is 774. The third-order valence-corrected chi connectivity index (χ3v) is 5.33. The lowest BCUT2D eigenvalue weighted by atomic mass is 9.72. The smallest absolute Gasteiger partial charge is 0.319 e. The molecule has 0 unspecified atom stereocenters. The van der Waals surface area contributed by atoms with E-state index in [4.69, 9.17) is 4.74 Å². The Kier molecular flexibility index (Phi) is 5.96. The fraction of sp³-hybridized carbons (Fsp3) is 0.381. The first-order valence-electron chi connectivity index (χ1n) is 9.15. The number of rotatable bonds is 5. The number of nitrogens with one attached hydrogen (secondary N) is 2. The first-order valence-corrected chi connectivity index (χ1v) is 9.15. The van der Waals surface area contributed by atoms with Crippen molar-refractivity contribution in [2.24, 2.45) is 0 Å². The number of amides is 2. The van der Waals surface area contributed by atoms with E-state index in [0.29, 0.717) is 12.2 Å². The molecule has 6 heteroatoms. The molecule has 0 atom stereocenters. The number of methoxy groups -OCH3 is 1. The molecule has 1 heterocycles. The van der Waals surface area contributed by atoms with Crippen molar-refractivity contribution in [1.29, 1.82) is 0 Å². The van der Waals surface area contributed by atoms with Crippen LogP contribution in [-0.2, 0) is 5.41 Å². The van der Waals surface area contributed by atoms with Gasteiger partial charge in [-0.25, -0.2) is 9.18 Å². The lowest BCUT2D eigenvalue weighted by Crippen LogP contribution is -2.48. The highest BCUT2D eigenvalue weighted by atomic mass is 19.1. The Morgan fingerprint density at radius 1 is 1.19 bits per heavy atom. The maximum absolute atomic E-state index is 13.5. The van der Waals surface area contributed by atoms with E-state index >= 15 is 0 Å². The molecule has 0 aliphatic carbocycles. The van der Waals surface area contributed by atoms with Crippen LogP contribution < -0.4 is 15.4 Å². The van der Waals surface area contributed by atoms with Crippen LogP contribution in [0.3, 0.4) is 0 Å². The van der Waals surface area contributed by atoms with Crippen molar-refractivity contribution < 1.29 is 13.9 Å². The Hall–Kier alpha value is -2.60. The van der Waals surface area contributed by atoms with E-state index in [2.05, 4.69) is 34.7 Å². The monoisotopic (exact) mass is 371 g/mol. The predicted molar refractivity (Wildman–Crippen MR) is 105 cm³/mol. The number of nitrogens with zero attached hydrogens (tertiary/aromatic N) is 1. The number of carbonyl (C=O) groups is 1. The van der Waals surface area contributed by atoms with Gasteiger partial charge in [-0.15, -0.1) is 0 Å². The van der Waals surface area contributed by atoms with Crippen LogP contribution in [0.25, 0.3) is 0 Å². The van der Waals surface area contributed by atoms with Crippen LogP contribution >= 0.6 is 0 Å². The van der Waals surface area contributed by atoms with Crippen LogP contribution in [0.5, 0.6) is 5.75 Å². The molecule has 0 bridgehead atoms. The van der Waals surface area contributed by atoms with E-state index in [9.17, 15) is 9.18 Å². The van der Waals surface area contributed by atoms with Crippen molar-refractivity contribution in [3.05, 3.63) is 59.9 Å². The molecule has 3 rings (SSSR count). The summed E-state index contributed by atoms with van der Waals surface area (Å²) in [5.74, 6) is -0.360. The third kappa shape index (κ3) is 4.57. The van der Waals surface area contributed by atoms with Gasteiger partial charge in [0.05, 0.1) is 7.11 Å². The van der Waals surface area contributed by atoms with Crippen molar-refractivity contribution in [1.82, 2.24) is 10.2 Å². The minimum Gasteiger partial charge on any atom is -0.494 e. The Morgan fingerprint density at radius 3 is 2.56 bits per heavy atom. The Morgan fingerprint density at radius 2 is 1.89 bits per heavy atom. The van der Waals surface area contributed by atoms with Gasteiger partial charge in [-0.1, -0.05) is 30.3 Å². The van der Waals surface area contributed by atoms with Crippen molar-refractivity contribution in [3.8, 4) is 5.75 Å². The number of halogens is 1. The summed E-state index contributed by atoms with van der Waals surface area (Å²) in [5.41, 5.74) is 1.66. The molecule has 5 nitrogen and oxygen atoms in total. The lowest BCUT2D eigenvalue weighted by molar-refractivity contribution is 0.183. The second-order valence-electron chi connectivity index (χ2n) is 7.11. The summed E-state index contributed by atoms with van der Waals surface area (Å²) >= 11 is 0. The van der Waals surface area contributed by atoms with Gasteiger partial charge in [0.15, 0.2) is 11.6 Å². The molecule has 0 aromatic heterocycles. The SMILES string of the molecule is COc1cc(NC(=O)NCC2(c3ccccc3)CCN(C)CC2)ccc1F. The molecular formula is C21H26FN3O2. The van der Waals surface area contributed by atoms with E-state index < -0.39 is 5.82 Å². The summed E-state index contributed by atoms with van der Waals surface area (Å²) in [6.45, 7) is 2.54. The first kappa shape index (κ1) is 19.2. The van der Waals surface area contributed by atoms with Gasteiger partial charge < -0.3 is 20.3 Å². The summed E-state index contributed by atoms with van der Waals surface area (Å²) in [5, 5.41) is 5.76. The minimum atomic E-state index is -0.460. The number of hydrogen-bond acceptors (Lipinski definition) is 3. The number of ether oxygens (including phenoxy) is 1. The van der Waals surface area contributed by atoms with Crippen molar-refractivity contribution in [2.75, 3.05) is 39.1 Å². The summed E-state index contributed by atoms with van der Waals surface area (Å²) < 4.78 is 18.5. The van der Waals surface area contributed by atoms with Crippen LogP contribution in [0.1, 0.15) is 18.4 Å². The molecule has 0 radical (unpaired) electrons. The first-order chi connectivity index (χ1) is 13.0. The summed E-state index contributed by atoms with van der Waals surface area (Å²) in [6, 6.07) is 14.3. The summed E-state index contributed by atoms with van der Waals surface area (Å²) in [6.07, 6.45) is 1.97. The molecule has 2 aromatic carbocycles. The highest BCUT2D eigenvalue weighted by Gasteiger charge is 2.35. The topological polar surface area (TPSA) is 53.6 Å². The van der Waals surface area contributed by atoms with Gasteiger partial charge >= 0.3 is 6.03 Å². The van der Waals surface area contributed by atoms with Crippen LogP contribution in [0.4, 0.5) is 14.9 Å². The maximum atomic E-state index is 13.5. The molecule has 1 saturated heterocycles. The number of piperidine rings is 1. The largest absolute Gasteiger partial charge is 0.494 e. The molecule has 1 aliphatic heterocycles. The van der Waals surface area contributed by atoms with Gasteiger partial charge in [0.25, 0.3) is 0 Å². The van der Waals surface area contributed by atoms with Crippen LogP contribution in [0.2, 0.25) is 0 Å². The van der Waals surface area contributed by atoms with Crippen LogP contribution in [0.15, 0.2) is 48.5 Å². The number of carbonyl (C=O) groups excluding carboxylic acids is 1. The highest BCUT2D eigenvalue weighted by molar-refractivity contribution is 5.89. The molecule has 1 fully saturated rings. The molecule has 0 spiro atoms. The van der Waals surface area contributed by atoms with Gasteiger partial charge in [-0.2, -0.15) is 0 Å². The van der Waals surface area contributed by atoms with Crippen molar-refractivity contribution in [3.63, 3.8) is 0 Å². The van der Waals surface area contributed by atoms with Gasteiger partial charge in [0.1, 0.15) is 0 Å². The fourth-order valence-corrected chi connectivity index (χ4v) is 3.57. The zero-order valence-electron chi connectivity index (χ0n) is 15.8.